The number of nitrogens with zero attached hydrogens (tertiary/aromatic N) is 3. The molecule has 0 bridgehead atoms. The Kier molecular flexibility index (Phi) is 4.97. The van der Waals surface area contributed by atoms with E-state index in [1.165, 1.54) is 5.56 Å². The lowest BCUT2D eigenvalue weighted by Gasteiger charge is -2.05. The molecule has 0 aliphatic carbocycles. The van der Waals surface area contributed by atoms with Gasteiger partial charge < -0.3 is 4.57 Å². The smallest absolute Gasteiger partial charge is 0.260 e. The second-order valence-electron chi connectivity index (χ2n) is 6.52. The van der Waals surface area contributed by atoms with Crippen LogP contribution in [0.15, 0.2) is 84.0 Å². The third-order valence-electron chi connectivity index (χ3n) is 4.57. The minimum Gasteiger partial charge on any atom is -0.319 e. The topological polar surface area (TPSA) is 59.3 Å². The third kappa shape index (κ3) is 3.83. The van der Waals surface area contributed by atoms with Crippen molar-refractivity contribution >= 4 is 23.2 Å². The number of benzene rings is 3. The SMILES string of the molecule is Cc1nc2ccccc2n1CC(=O)N/N=C\c1ccc(-c2ccccc2)cc1. The van der Waals surface area contributed by atoms with Crippen molar-refractivity contribution in [3.8, 4) is 11.1 Å². The molecule has 4 aromatic rings. The van der Waals surface area contributed by atoms with Gasteiger partial charge in [-0.05, 0) is 35.7 Å². The van der Waals surface area contributed by atoms with Gasteiger partial charge in [0.25, 0.3) is 5.91 Å². The van der Waals surface area contributed by atoms with E-state index >= 15 is 0 Å². The molecule has 4 rings (SSSR count). The second-order valence-corrected chi connectivity index (χ2v) is 6.52. The van der Waals surface area contributed by atoms with Crippen LogP contribution in [0.2, 0.25) is 0 Å². The average Bonchev–Trinajstić information content (AvgIpc) is 3.04. The van der Waals surface area contributed by atoms with Crippen LogP contribution < -0.4 is 5.43 Å². The molecule has 138 valence electrons. The monoisotopic (exact) mass is 368 g/mol. The molecule has 28 heavy (non-hydrogen) atoms. The molecule has 5 nitrogen and oxygen atoms in total. The van der Waals surface area contributed by atoms with Crippen LogP contribution in [0.25, 0.3) is 22.2 Å². The summed E-state index contributed by atoms with van der Waals surface area (Å²) in [6.07, 6.45) is 1.64. The minimum absolute atomic E-state index is 0.177. The summed E-state index contributed by atoms with van der Waals surface area (Å²) >= 11 is 0. The molecule has 0 aliphatic heterocycles. The number of aromatic nitrogens is 2. The first kappa shape index (κ1) is 17.7. The Labute approximate surface area is 163 Å². The van der Waals surface area contributed by atoms with Crippen molar-refractivity contribution in [3.63, 3.8) is 0 Å². The van der Waals surface area contributed by atoms with Crippen LogP contribution in [-0.2, 0) is 11.3 Å². The molecule has 0 saturated heterocycles. The fourth-order valence-electron chi connectivity index (χ4n) is 3.15. The van der Waals surface area contributed by atoms with Crippen molar-refractivity contribution in [1.29, 1.82) is 0 Å². The highest BCUT2D eigenvalue weighted by atomic mass is 16.2. The first-order valence-corrected chi connectivity index (χ1v) is 9.10. The van der Waals surface area contributed by atoms with Gasteiger partial charge >= 0.3 is 0 Å². The van der Waals surface area contributed by atoms with Gasteiger partial charge in [-0.1, -0.05) is 66.7 Å². The molecule has 0 aliphatic rings. The second kappa shape index (κ2) is 7.88. The highest BCUT2D eigenvalue weighted by molar-refractivity contribution is 5.84. The maximum absolute atomic E-state index is 12.3. The number of carbonyl (C=O) groups excluding carboxylic acids is 1. The van der Waals surface area contributed by atoms with Crippen molar-refractivity contribution in [2.75, 3.05) is 0 Å². The summed E-state index contributed by atoms with van der Waals surface area (Å²) in [6.45, 7) is 2.07. The largest absolute Gasteiger partial charge is 0.319 e. The summed E-state index contributed by atoms with van der Waals surface area (Å²) in [5.74, 6) is 0.611. The van der Waals surface area contributed by atoms with E-state index in [0.717, 1.165) is 28.0 Å². The number of amides is 1. The predicted octanol–water partition coefficient (Wildman–Crippen LogP) is 4.16. The Balaban J connectivity index is 1.39. The first-order chi connectivity index (χ1) is 13.7. The number of hydrazone groups is 1. The highest BCUT2D eigenvalue weighted by Gasteiger charge is 2.09. The molecule has 1 aromatic heterocycles. The Morgan fingerprint density at radius 3 is 2.43 bits per heavy atom. The lowest BCUT2D eigenvalue weighted by molar-refractivity contribution is -0.121. The number of hydrogen-bond donors (Lipinski definition) is 1. The molecule has 0 radical (unpaired) electrons. The van der Waals surface area contributed by atoms with Crippen LogP contribution in [-0.4, -0.2) is 21.7 Å². The van der Waals surface area contributed by atoms with Gasteiger partial charge in [-0.3, -0.25) is 4.79 Å². The van der Waals surface area contributed by atoms with Gasteiger partial charge in [-0.15, -0.1) is 0 Å². The molecule has 0 fully saturated rings. The summed E-state index contributed by atoms with van der Waals surface area (Å²) in [6, 6.07) is 26.0. The molecule has 0 saturated carbocycles. The van der Waals surface area contributed by atoms with Crippen molar-refractivity contribution in [2.24, 2.45) is 5.10 Å². The molecule has 5 heteroatoms. The lowest BCUT2D eigenvalue weighted by atomic mass is 10.0. The quantitative estimate of drug-likeness (QED) is 0.425. The number of rotatable bonds is 5. The molecule has 3 aromatic carbocycles. The molecule has 1 amide bonds. The average molecular weight is 368 g/mol. The minimum atomic E-state index is -0.191. The highest BCUT2D eigenvalue weighted by Crippen LogP contribution is 2.18. The van der Waals surface area contributed by atoms with E-state index in [-0.39, 0.29) is 12.5 Å². The summed E-state index contributed by atoms with van der Waals surface area (Å²) in [5, 5.41) is 4.08. The van der Waals surface area contributed by atoms with Crippen molar-refractivity contribution in [1.82, 2.24) is 15.0 Å². The Hall–Kier alpha value is -3.73. The maximum atomic E-state index is 12.3. The van der Waals surface area contributed by atoms with Gasteiger partial charge in [-0.2, -0.15) is 5.10 Å². The zero-order valence-electron chi connectivity index (χ0n) is 15.5. The zero-order valence-corrected chi connectivity index (χ0v) is 15.5. The van der Waals surface area contributed by atoms with Crippen LogP contribution in [0.4, 0.5) is 0 Å². The number of nitrogens with one attached hydrogen (secondary N) is 1. The van der Waals surface area contributed by atoms with E-state index < -0.39 is 0 Å². The zero-order chi connectivity index (χ0) is 19.3. The van der Waals surface area contributed by atoms with Crippen LogP contribution in [0, 0.1) is 6.92 Å². The predicted molar refractivity (Wildman–Crippen MR) is 112 cm³/mol. The van der Waals surface area contributed by atoms with E-state index in [1.54, 1.807) is 6.21 Å². The van der Waals surface area contributed by atoms with Gasteiger partial charge in [0, 0.05) is 0 Å². The number of para-hydroxylation sites is 2. The van der Waals surface area contributed by atoms with Crippen LogP contribution in [0.1, 0.15) is 11.4 Å². The number of carbonyl (C=O) groups is 1. The summed E-state index contributed by atoms with van der Waals surface area (Å²) in [5.41, 5.74) is 7.65. The summed E-state index contributed by atoms with van der Waals surface area (Å²) in [4.78, 5) is 16.7. The van der Waals surface area contributed by atoms with E-state index in [4.69, 9.17) is 0 Å². The van der Waals surface area contributed by atoms with Gasteiger partial charge in [-0.25, -0.2) is 10.4 Å². The van der Waals surface area contributed by atoms with Crippen molar-refractivity contribution < 1.29 is 4.79 Å². The Morgan fingerprint density at radius 1 is 0.964 bits per heavy atom. The molecular weight excluding hydrogens is 348 g/mol. The summed E-state index contributed by atoms with van der Waals surface area (Å²) in [7, 11) is 0. The fourth-order valence-corrected chi connectivity index (χ4v) is 3.15. The number of aryl methyl sites for hydroxylation is 1. The molecule has 0 atom stereocenters. The van der Waals surface area contributed by atoms with Gasteiger partial charge in [0.1, 0.15) is 12.4 Å². The Bertz CT molecular complexity index is 1130. The molecule has 0 spiro atoms. The van der Waals surface area contributed by atoms with Crippen LogP contribution >= 0.6 is 0 Å². The Morgan fingerprint density at radius 2 is 1.64 bits per heavy atom. The molecule has 1 heterocycles. The third-order valence-corrected chi connectivity index (χ3v) is 4.57. The van der Waals surface area contributed by atoms with E-state index in [2.05, 4.69) is 27.6 Å². The maximum Gasteiger partial charge on any atom is 0.260 e. The normalized spacial score (nSPS) is 11.2. The number of fused-ring (bicyclic) bond motifs is 1. The van der Waals surface area contributed by atoms with Crippen LogP contribution in [0.5, 0.6) is 0 Å². The lowest BCUT2D eigenvalue weighted by Crippen LogP contribution is -2.23. The van der Waals surface area contributed by atoms with Gasteiger partial charge in [0.15, 0.2) is 0 Å². The van der Waals surface area contributed by atoms with Crippen molar-refractivity contribution in [2.45, 2.75) is 13.5 Å². The number of hydrogen-bond acceptors (Lipinski definition) is 3. The first-order valence-electron chi connectivity index (χ1n) is 9.10. The summed E-state index contributed by atoms with van der Waals surface area (Å²) < 4.78 is 1.88. The standard InChI is InChI=1S/C23H20N4O/c1-17-25-21-9-5-6-10-22(21)27(17)16-23(28)26-24-15-18-11-13-20(14-12-18)19-7-3-2-4-8-19/h2-15H,16H2,1H3,(H,26,28)/b24-15-. The molecule has 1 N–H and O–H groups in total. The van der Waals surface area contributed by atoms with Crippen molar-refractivity contribution in [3.05, 3.63) is 90.3 Å². The molecule has 0 unspecified atom stereocenters. The van der Waals surface area contributed by atoms with E-state index in [9.17, 15) is 4.79 Å². The number of imidazole rings is 1. The fraction of sp³-hybridized carbons (Fsp3) is 0.0870. The van der Waals surface area contributed by atoms with Gasteiger partial charge in [0.05, 0.1) is 17.2 Å². The van der Waals surface area contributed by atoms with Crippen LogP contribution in [0.3, 0.4) is 0 Å². The van der Waals surface area contributed by atoms with E-state index in [1.807, 2.05) is 78.2 Å². The molecular formula is C23H20N4O. The van der Waals surface area contributed by atoms with Gasteiger partial charge in [0.2, 0.25) is 0 Å². The van der Waals surface area contributed by atoms with E-state index in [0.29, 0.717) is 0 Å².